The van der Waals surface area contributed by atoms with Gasteiger partial charge in [0.05, 0.1) is 33.8 Å². The number of hydrogen-bond acceptors (Lipinski definition) is 5. The Morgan fingerprint density at radius 3 is 3.00 bits per heavy atom. The van der Waals surface area contributed by atoms with Crippen molar-refractivity contribution in [2.24, 2.45) is 0 Å². The Balaban J connectivity index is 2.27. The van der Waals surface area contributed by atoms with Crippen LogP contribution < -0.4 is 4.72 Å². The van der Waals surface area contributed by atoms with Crippen LogP contribution in [0.1, 0.15) is 0 Å². The molecule has 0 saturated heterocycles. The minimum atomic E-state index is -3.45. The molecule has 0 atom stereocenters. The Hall–Kier alpha value is -1.18. The summed E-state index contributed by atoms with van der Waals surface area (Å²) in [5.74, 6) is -0.298. The van der Waals surface area contributed by atoms with Crippen molar-refractivity contribution in [2.45, 2.75) is 0 Å². The summed E-state index contributed by atoms with van der Waals surface area (Å²) in [4.78, 5) is 4.09. The van der Waals surface area contributed by atoms with Crippen molar-refractivity contribution < 1.29 is 13.5 Å². The van der Waals surface area contributed by atoms with Crippen molar-refractivity contribution in [3.63, 3.8) is 0 Å². The zero-order valence-corrected chi connectivity index (χ0v) is 9.88. The monoisotopic (exact) mass is 258 g/mol. The number of nitrogens with zero attached hydrogens (tertiary/aromatic N) is 1. The number of hydrogen-bond donors (Lipinski definition) is 2. The van der Waals surface area contributed by atoms with E-state index < -0.39 is 16.6 Å². The van der Waals surface area contributed by atoms with Gasteiger partial charge in [-0.3, -0.25) is 4.72 Å². The van der Waals surface area contributed by atoms with Gasteiger partial charge in [0.2, 0.25) is 10.0 Å². The molecule has 1 aromatic carbocycles. The lowest BCUT2D eigenvalue weighted by Gasteiger charge is -2.06. The van der Waals surface area contributed by atoms with Crippen LogP contribution in [0.3, 0.4) is 0 Å². The predicted octanol–water partition coefficient (Wildman–Crippen LogP) is 1.03. The fourth-order valence-electron chi connectivity index (χ4n) is 1.27. The van der Waals surface area contributed by atoms with Crippen LogP contribution in [0.5, 0.6) is 0 Å². The molecule has 0 fully saturated rings. The lowest BCUT2D eigenvalue weighted by Crippen LogP contribution is -2.18. The van der Waals surface area contributed by atoms with E-state index in [4.69, 9.17) is 5.11 Å². The standard InChI is InChI=1S/C9H10N2O3S2/c12-3-4-16(13,14)11-7-1-2-8-9(5-7)15-6-10-8/h1-2,5-6,11-12H,3-4H2. The first-order valence-electron chi connectivity index (χ1n) is 4.55. The summed E-state index contributed by atoms with van der Waals surface area (Å²) in [5, 5.41) is 8.59. The number of nitrogens with one attached hydrogen (secondary N) is 1. The highest BCUT2D eigenvalue weighted by atomic mass is 32.2. The van der Waals surface area contributed by atoms with Gasteiger partial charge in [0.15, 0.2) is 0 Å². The van der Waals surface area contributed by atoms with E-state index in [2.05, 4.69) is 9.71 Å². The maximum absolute atomic E-state index is 11.4. The van der Waals surface area contributed by atoms with Gasteiger partial charge in [-0.2, -0.15) is 0 Å². The van der Waals surface area contributed by atoms with Crippen LogP contribution in [0, 0.1) is 0 Å². The second-order valence-electron chi connectivity index (χ2n) is 3.18. The number of thiazole rings is 1. The molecule has 0 aliphatic rings. The lowest BCUT2D eigenvalue weighted by atomic mass is 10.3. The SMILES string of the molecule is O=S(=O)(CCO)Nc1ccc2ncsc2c1. The molecule has 2 N–H and O–H groups in total. The smallest absolute Gasteiger partial charge is 0.234 e. The third-order valence-corrected chi connectivity index (χ3v) is 4.02. The molecule has 0 saturated carbocycles. The topological polar surface area (TPSA) is 79.3 Å². The van der Waals surface area contributed by atoms with E-state index in [1.54, 1.807) is 23.7 Å². The molecular formula is C9H10N2O3S2. The number of aliphatic hydroxyl groups excluding tert-OH is 1. The first-order valence-corrected chi connectivity index (χ1v) is 7.08. The number of aliphatic hydroxyl groups is 1. The average Bonchev–Trinajstić information content (AvgIpc) is 2.63. The highest BCUT2D eigenvalue weighted by molar-refractivity contribution is 7.92. The second-order valence-corrected chi connectivity index (χ2v) is 5.91. The van der Waals surface area contributed by atoms with Crippen molar-refractivity contribution in [3.05, 3.63) is 23.7 Å². The summed E-state index contributed by atoms with van der Waals surface area (Å²) in [6.45, 7) is -0.391. The van der Waals surface area contributed by atoms with E-state index >= 15 is 0 Å². The maximum Gasteiger partial charge on any atom is 0.234 e. The van der Waals surface area contributed by atoms with Crippen molar-refractivity contribution in [3.8, 4) is 0 Å². The number of anilines is 1. The third-order valence-electron chi connectivity index (χ3n) is 1.96. The number of fused-ring (bicyclic) bond motifs is 1. The summed E-state index contributed by atoms with van der Waals surface area (Å²) in [7, 11) is -3.45. The lowest BCUT2D eigenvalue weighted by molar-refractivity contribution is 0.320. The summed E-state index contributed by atoms with van der Waals surface area (Å²) < 4.78 is 26.1. The Kier molecular flexibility index (Phi) is 3.08. The Bertz CT molecular complexity index is 592. The number of rotatable bonds is 4. The van der Waals surface area contributed by atoms with Crippen LogP contribution in [-0.2, 0) is 10.0 Å². The number of aromatic nitrogens is 1. The molecule has 2 rings (SSSR count). The zero-order chi connectivity index (χ0) is 11.6. The van der Waals surface area contributed by atoms with Crippen molar-refractivity contribution >= 4 is 37.3 Å². The van der Waals surface area contributed by atoms with E-state index in [1.165, 1.54) is 11.3 Å². The normalized spacial score (nSPS) is 11.8. The Morgan fingerprint density at radius 1 is 1.44 bits per heavy atom. The molecule has 0 aliphatic carbocycles. The molecule has 0 amide bonds. The molecule has 1 aromatic heterocycles. The summed E-state index contributed by atoms with van der Waals surface area (Å²) in [6.07, 6.45) is 0. The van der Waals surface area contributed by atoms with Crippen molar-refractivity contribution in [2.75, 3.05) is 17.1 Å². The van der Waals surface area contributed by atoms with E-state index in [0.29, 0.717) is 5.69 Å². The molecular weight excluding hydrogens is 248 g/mol. The zero-order valence-electron chi connectivity index (χ0n) is 8.25. The number of sulfonamides is 1. The van der Waals surface area contributed by atoms with E-state index in [0.717, 1.165) is 10.2 Å². The van der Waals surface area contributed by atoms with Gasteiger partial charge in [0, 0.05) is 0 Å². The molecule has 0 bridgehead atoms. The fraction of sp³-hybridized carbons (Fsp3) is 0.222. The van der Waals surface area contributed by atoms with Crippen LogP contribution in [0.2, 0.25) is 0 Å². The molecule has 2 aromatic rings. The van der Waals surface area contributed by atoms with E-state index in [9.17, 15) is 8.42 Å². The molecule has 7 heteroatoms. The van der Waals surface area contributed by atoms with Crippen LogP contribution in [0.25, 0.3) is 10.2 Å². The van der Waals surface area contributed by atoms with Crippen LogP contribution in [-0.4, -0.2) is 30.9 Å². The highest BCUT2D eigenvalue weighted by Gasteiger charge is 2.09. The molecule has 0 spiro atoms. The molecule has 0 radical (unpaired) electrons. The average molecular weight is 258 g/mol. The van der Waals surface area contributed by atoms with Crippen LogP contribution in [0.15, 0.2) is 23.7 Å². The van der Waals surface area contributed by atoms with Crippen LogP contribution in [0.4, 0.5) is 5.69 Å². The van der Waals surface area contributed by atoms with Gasteiger partial charge in [-0.1, -0.05) is 0 Å². The van der Waals surface area contributed by atoms with Gasteiger partial charge < -0.3 is 5.11 Å². The van der Waals surface area contributed by atoms with E-state index in [1.807, 2.05) is 0 Å². The molecule has 1 heterocycles. The molecule has 16 heavy (non-hydrogen) atoms. The minimum absolute atomic E-state index is 0.298. The fourth-order valence-corrected chi connectivity index (χ4v) is 2.81. The van der Waals surface area contributed by atoms with Gasteiger partial charge in [-0.15, -0.1) is 11.3 Å². The predicted molar refractivity (Wildman–Crippen MR) is 64.1 cm³/mol. The first kappa shape index (κ1) is 11.3. The highest BCUT2D eigenvalue weighted by Crippen LogP contribution is 2.22. The van der Waals surface area contributed by atoms with Gasteiger partial charge in [-0.05, 0) is 18.2 Å². The summed E-state index contributed by atoms with van der Waals surface area (Å²) in [5.41, 5.74) is 3.04. The summed E-state index contributed by atoms with van der Waals surface area (Å²) >= 11 is 1.45. The molecule has 86 valence electrons. The van der Waals surface area contributed by atoms with Gasteiger partial charge in [0.1, 0.15) is 0 Å². The largest absolute Gasteiger partial charge is 0.395 e. The Morgan fingerprint density at radius 2 is 2.25 bits per heavy atom. The van der Waals surface area contributed by atoms with Gasteiger partial charge in [0.25, 0.3) is 0 Å². The number of benzene rings is 1. The maximum atomic E-state index is 11.4. The van der Waals surface area contributed by atoms with Gasteiger partial charge >= 0.3 is 0 Å². The second kappa shape index (κ2) is 4.36. The quantitative estimate of drug-likeness (QED) is 0.858. The minimum Gasteiger partial charge on any atom is -0.395 e. The van der Waals surface area contributed by atoms with Crippen molar-refractivity contribution in [1.82, 2.24) is 4.98 Å². The molecule has 0 aliphatic heterocycles. The third kappa shape index (κ3) is 2.49. The first-order chi connectivity index (χ1) is 7.61. The van der Waals surface area contributed by atoms with Crippen molar-refractivity contribution in [1.29, 1.82) is 0 Å². The van der Waals surface area contributed by atoms with Crippen LogP contribution >= 0.6 is 11.3 Å². The molecule has 5 nitrogen and oxygen atoms in total. The Labute approximate surface area is 96.8 Å². The molecule has 0 unspecified atom stereocenters. The van der Waals surface area contributed by atoms with Gasteiger partial charge in [-0.25, -0.2) is 13.4 Å². The van der Waals surface area contributed by atoms with E-state index in [-0.39, 0.29) is 5.75 Å². The summed E-state index contributed by atoms with van der Waals surface area (Å²) in [6, 6.07) is 5.13.